The van der Waals surface area contributed by atoms with Gasteiger partial charge in [0.2, 0.25) is 0 Å². The molecule has 0 fully saturated rings. The normalized spacial score (nSPS) is 21.1. The quantitative estimate of drug-likeness (QED) is 0.794. The molecule has 0 aliphatic carbocycles. The van der Waals surface area contributed by atoms with Crippen LogP contribution in [0.15, 0.2) is 70.9 Å². The summed E-state index contributed by atoms with van der Waals surface area (Å²) < 4.78 is 5.91. The number of nitrogens with zero attached hydrogens (tertiary/aromatic N) is 3. The van der Waals surface area contributed by atoms with Gasteiger partial charge in [0, 0.05) is 32.1 Å². The van der Waals surface area contributed by atoms with E-state index in [-0.39, 0.29) is 18.4 Å². The zero-order valence-corrected chi connectivity index (χ0v) is 16.9. The van der Waals surface area contributed by atoms with Crippen LogP contribution in [0, 0.1) is 0 Å². The summed E-state index contributed by atoms with van der Waals surface area (Å²) in [7, 11) is 1.73. The van der Waals surface area contributed by atoms with Crippen molar-refractivity contribution in [3.63, 3.8) is 0 Å². The van der Waals surface area contributed by atoms with Gasteiger partial charge in [0.05, 0.1) is 5.69 Å². The predicted molar refractivity (Wildman–Crippen MR) is 115 cm³/mol. The second kappa shape index (κ2) is 7.44. The van der Waals surface area contributed by atoms with Gasteiger partial charge in [0.15, 0.2) is 0 Å². The van der Waals surface area contributed by atoms with Crippen molar-refractivity contribution in [3.05, 3.63) is 71.4 Å². The van der Waals surface area contributed by atoms with Crippen LogP contribution >= 0.6 is 0 Å². The van der Waals surface area contributed by atoms with E-state index in [1.165, 1.54) is 5.56 Å². The Morgan fingerprint density at radius 3 is 2.67 bits per heavy atom. The van der Waals surface area contributed by atoms with Gasteiger partial charge in [-0.1, -0.05) is 42.5 Å². The Hall–Kier alpha value is -3.41. The van der Waals surface area contributed by atoms with Crippen LogP contribution in [0.1, 0.15) is 18.4 Å². The number of fused-ring (bicyclic) bond motifs is 1. The van der Waals surface area contributed by atoms with E-state index in [0.717, 1.165) is 36.2 Å². The molecule has 152 valence electrons. The van der Waals surface area contributed by atoms with Gasteiger partial charge < -0.3 is 14.5 Å². The lowest BCUT2D eigenvalue weighted by molar-refractivity contribution is -0.138. The molecular weight excluding hydrogens is 378 g/mol. The highest BCUT2D eigenvalue weighted by molar-refractivity contribution is 6.07. The average Bonchev–Trinajstić information content (AvgIpc) is 3.13. The van der Waals surface area contributed by atoms with Gasteiger partial charge in [-0.05, 0) is 29.7 Å². The summed E-state index contributed by atoms with van der Waals surface area (Å²) in [6.45, 7) is 0.658. The predicted octanol–water partition coefficient (Wildman–Crippen LogP) is 2.98. The number of amides is 2. The Labute approximate surface area is 175 Å². The van der Waals surface area contributed by atoms with Crippen LogP contribution in [0.4, 0.5) is 5.69 Å². The SMILES string of the molecule is CN1C(=O)[C@@H](N2CCC3=C(N=C(Cc4ccccc4)C3)C2=O)COc2ccccc21. The minimum atomic E-state index is -0.655. The van der Waals surface area contributed by atoms with E-state index in [9.17, 15) is 9.59 Å². The van der Waals surface area contributed by atoms with E-state index in [1.807, 2.05) is 42.5 Å². The maximum atomic E-state index is 13.3. The molecule has 0 N–H and O–H groups in total. The summed E-state index contributed by atoms with van der Waals surface area (Å²) >= 11 is 0. The van der Waals surface area contributed by atoms with Gasteiger partial charge in [-0.2, -0.15) is 0 Å². The van der Waals surface area contributed by atoms with E-state index in [4.69, 9.17) is 4.74 Å². The number of carbonyl (C=O) groups is 2. The van der Waals surface area contributed by atoms with Crippen LogP contribution < -0.4 is 9.64 Å². The van der Waals surface area contributed by atoms with Crippen molar-refractivity contribution in [2.45, 2.75) is 25.3 Å². The van der Waals surface area contributed by atoms with Crippen LogP contribution in [0.5, 0.6) is 5.75 Å². The Kier molecular flexibility index (Phi) is 4.62. The molecule has 30 heavy (non-hydrogen) atoms. The highest BCUT2D eigenvalue weighted by Gasteiger charge is 2.40. The Morgan fingerprint density at radius 1 is 1.07 bits per heavy atom. The molecule has 6 heteroatoms. The van der Waals surface area contributed by atoms with Crippen molar-refractivity contribution in [1.29, 1.82) is 0 Å². The second-order valence-corrected chi connectivity index (χ2v) is 7.91. The molecule has 0 unspecified atom stereocenters. The zero-order chi connectivity index (χ0) is 20.7. The van der Waals surface area contributed by atoms with Crippen LogP contribution in [0.3, 0.4) is 0 Å². The number of carbonyl (C=O) groups excluding carboxylic acids is 2. The van der Waals surface area contributed by atoms with Gasteiger partial charge in [0.25, 0.3) is 11.8 Å². The highest BCUT2D eigenvalue weighted by atomic mass is 16.5. The number of hydrogen-bond acceptors (Lipinski definition) is 4. The molecule has 0 bridgehead atoms. The average molecular weight is 401 g/mol. The molecule has 0 saturated heterocycles. The maximum Gasteiger partial charge on any atom is 0.273 e. The largest absolute Gasteiger partial charge is 0.489 e. The number of para-hydroxylation sites is 2. The summed E-state index contributed by atoms with van der Waals surface area (Å²) in [6, 6.07) is 16.9. The molecule has 1 atom stereocenters. The van der Waals surface area contributed by atoms with Crippen LogP contribution in [0.25, 0.3) is 0 Å². The fourth-order valence-corrected chi connectivity index (χ4v) is 4.40. The first-order valence-corrected chi connectivity index (χ1v) is 10.2. The molecule has 5 rings (SSSR count). The Morgan fingerprint density at radius 2 is 1.83 bits per heavy atom. The third-order valence-electron chi connectivity index (χ3n) is 6.01. The van der Waals surface area contributed by atoms with Gasteiger partial charge in [-0.3, -0.25) is 14.6 Å². The lowest BCUT2D eigenvalue weighted by Gasteiger charge is -2.33. The number of hydrogen-bond donors (Lipinski definition) is 0. The van der Waals surface area contributed by atoms with E-state index < -0.39 is 6.04 Å². The first kappa shape index (κ1) is 18.6. The van der Waals surface area contributed by atoms with Crippen molar-refractivity contribution in [2.75, 3.05) is 25.1 Å². The zero-order valence-electron chi connectivity index (χ0n) is 16.9. The molecule has 0 saturated carbocycles. The summed E-state index contributed by atoms with van der Waals surface area (Å²) in [5, 5.41) is 0. The van der Waals surface area contributed by atoms with E-state index >= 15 is 0 Å². The van der Waals surface area contributed by atoms with Crippen molar-refractivity contribution < 1.29 is 14.3 Å². The molecule has 6 nitrogen and oxygen atoms in total. The minimum Gasteiger partial charge on any atom is -0.489 e. The minimum absolute atomic E-state index is 0.135. The summed E-state index contributed by atoms with van der Waals surface area (Å²) in [4.78, 5) is 34.3. The first-order valence-electron chi connectivity index (χ1n) is 10.2. The molecule has 2 aromatic rings. The number of ether oxygens (including phenoxy) is 1. The maximum absolute atomic E-state index is 13.3. The van der Waals surface area contributed by atoms with E-state index in [1.54, 1.807) is 16.8 Å². The fraction of sp³-hybridized carbons (Fsp3) is 0.292. The summed E-state index contributed by atoms with van der Waals surface area (Å²) in [5.41, 5.74) is 4.52. The Balaban J connectivity index is 1.36. The van der Waals surface area contributed by atoms with Crippen LogP contribution in [-0.4, -0.2) is 48.7 Å². The molecular formula is C24H23N3O3. The third-order valence-corrected chi connectivity index (χ3v) is 6.01. The van der Waals surface area contributed by atoms with Gasteiger partial charge in [-0.15, -0.1) is 0 Å². The van der Waals surface area contributed by atoms with Crippen LogP contribution in [-0.2, 0) is 16.0 Å². The summed E-state index contributed by atoms with van der Waals surface area (Å²) in [5.74, 6) is 0.355. The van der Waals surface area contributed by atoms with Gasteiger partial charge in [0.1, 0.15) is 24.1 Å². The topological polar surface area (TPSA) is 62.2 Å². The fourth-order valence-electron chi connectivity index (χ4n) is 4.40. The number of rotatable bonds is 3. The first-order chi connectivity index (χ1) is 14.6. The third kappa shape index (κ3) is 3.18. The number of anilines is 1. The number of benzene rings is 2. The molecule has 2 aromatic carbocycles. The monoisotopic (exact) mass is 401 g/mol. The van der Waals surface area contributed by atoms with Crippen molar-refractivity contribution in [2.24, 2.45) is 4.99 Å². The molecule has 3 aliphatic heterocycles. The highest BCUT2D eigenvalue weighted by Crippen LogP contribution is 2.34. The molecule has 0 spiro atoms. The molecule has 2 amide bonds. The van der Waals surface area contributed by atoms with Crippen molar-refractivity contribution in [3.8, 4) is 5.75 Å². The standard InChI is InChI=1S/C24H23N3O3/c1-26-19-9-5-6-10-21(19)30-15-20(23(26)28)27-12-11-17-14-18(25-22(17)24(27)29)13-16-7-3-2-4-8-16/h2-10,20H,11-15H2,1H3/t20-/m0/s1. The van der Waals surface area contributed by atoms with Gasteiger partial charge in [-0.25, -0.2) is 0 Å². The van der Waals surface area contributed by atoms with E-state index in [2.05, 4.69) is 17.1 Å². The number of likely N-dealkylation sites (N-methyl/N-ethyl adjacent to an activating group) is 1. The van der Waals surface area contributed by atoms with Crippen molar-refractivity contribution in [1.82, 2.24) is 4.90 Å². The molecule has 0 aromatic heterocycles. The van der Waals surface area contributed by atoms with Crippen LogP contribution in [0.2, 0.25) is 0 Å². The van der Waals surface area contributed by atoms with Gasteiger partial charge >= 0.3 is 0 Å². The second-order valence-electron chi connectivity index (χ2n) is 7.91. The Bertz CT molecular complexity index is 1070. The lowest BCUT2D eigenvalue weighted by atomic mass is 9.98. The molecule has 0 radical (unpaired) electrons. The summed E-state index contributed by atoms with van der Waals surface area (Å²) in [6.07, 6.45) is 2.22. The molecule has 3 aliphatic rings. The molecule has 3 heterocycles. The van der Waals surface area contributed by atoms with Crippen molar-refractivity contribution >= 4 is 23.2 Å². The van der Waals surface area contributed by atoms with E-state index in [0.29, 0.717) is 18.0 Å². The number of aliphatic imine (C=N–C) groups is 1. The smallest absolute Gasteiger partial charge is 0.273 e. The lowest BCUT2D eigenvalue weighted by Crippen LogP contribution is -2.53.